The lowest BCUT2D eigenvalue weighted by Gasteiger charge is -2.09. The molecule has 120 valence electrons. The lowest BCUT2D eigenvalue weighted by Crippen LogP contribution is -2.04. The van der Waals surface area contributed by atoms with Crippen LogP contribution in [0.2, 0.25) is 0 Å². The van der Waals surface area contributed by atoms with E-state index < -0.39 is 11.7 Å². The lowest BCUT2D eigenvalue weighted by atomic mass is 9.98. The van der Waals surface area contributed by atoms with Gasteiger partial charge in [-0.25, -0.2) is 0 Å². The molecule has 0 saturated carbocycles. The number of H-pyrrole nitrogens is 1. The van der Waals surface area contributed by atoms with Crippen molar-refractivity contribution >= 4 is 10.9 Å². The van der Waals surface area contributed by atoms with E-state index in [1.807, 2.05) is 24.3 Å². The van der Waals surface area contributed by atoms with E-state index in [0.29, 0.717) is 0 Å². The van der Waals surface area contributed by atoms with Crippen LogP contribution in [0.25, 0.3) is 22.0 Å². The molecular weight excluding hydrogens is 299 g/mol. The normalized spacial score (nSPS) is 12.0. The van der Waals surface area contributed by atoms with Crippen LogP contribution in [0.15, 0.2) is 48.5 Å². The average molecular weight is 317 g/mol. The zero-order chi connectivity index (χ0) is 16.4. The predicted molar refractivity (Wildman–Crippen MR) is 87.3 cm³/mol. The van der Waals surface area contributed by atoms with Crippen LogP contribution in [-0.2, 0) is 12.6 Å². The van der Waals surface area contributed by atoms with E-state index in [-0.39, 0.29) is 0 Å². The van der Waals surface area contributed by atoms with Crippen LogP contribution in [0.1, 0.15) is 31.0 Å². The molecule has 0 aliphatic rings. The summed E-state index contributed by atoms with van der Waals surface area (Å²) in [7, 11) is 0. The summed E-state index contributed by atoms with van der Waals surface area (Å²) in [4.78, 5) is 3.42. The van der Waals surface area contributed by atoms with Crippen LogP contribution in [-0.4, -0.2) is 4.98 Å². The fourth-order valence-electron chi connectivity index (χ4n) is 2.89. The highest BCUT2D eigenvalue weighted by molar-refractivity contribution is 5.97. The number of fused-ring (bicyclic) bond motifs is 1. The number of alkyl halides is 3. The van der Waals surface area contributed by atoms with Crippen molar-refractivity contribution in [2.24, 2.45) is 0 Å². The van der Waals surface area contributed by atoms with Gasteiger partial charge in [0.15, 0.2) is 0 Å². The first-order valence-corrected chi connectivity index (χ1v) is 7.78. The van der Waals surface area contributed by atoms with Gasteiger partial charge >= 0.3 is 6.18 Å². The number of halogens is 3. The Balaban J connectivity index is 2.10. The number of unbranched alkanes of at least 4 members (excludes halogenated alkanes) is 1. The highest BCUT2D eigenvalue weighted by Crippen LogP contribution is 2.35. The molecule has 1 N–H and O–H groups in total. The molecule has 3 rings (SSSR count). The summed E-state index contributed by atoms with van der Waals surface area (Å²) in [6, 6.07) is 13.3. The van der Waals surface area contributed by atoms with Crippen molar-refractivity contribution < 1.29 is 13.2 Å². The summed E-state index contributed by atoms with van der Waals surface area (Å²) >= 11 is 0. The average Bonchev–Trinajstić information content (AvgIpc) is 2.90. The Labute approximate surface area is 133 Å². The zero-order valence-electron chi connectivity index (χ0n) is 12.9. The third kappa shape index (κ3) is 3.11. The van der Waals surface area contributed by atoms with Gasteiger partial charge in [-0.1, -0.05) is 43.7 Å². The van der Waals surface area contributed by atoms with Gasteiger partial charge in [-0.2, -0.15) is 13.2 Å². The summed E-state index contributed by atoms with van der Waals surface area (Å²) in [6.45, 7) is 2.13. The second kappa shape index (κ2) is 6.11. The van der Waals surface area contributed by atoms with E-state index >= 15 is 0 Å². The number of para-hydroxylation sites is 1. The quantitative estimate of drug-likeness (QED) is 0.590. The first-order valence-electron chi connectivity index (χ1n) is 7.78. The molecular formula is C19H18F3N. The Hall–Kier alpha value is -2.23. The summed E-state index contributed by atoms with van der Waals surface area (Å²) in [6.07, 6.45) is -1.30. The summed E-state index contributed by atoms with van der Waals surface area (Å²) in [5.74, 6) is 0. The molecule has 4 heteroatoms. The molecule has 1 aromatic heterocycles. The van der Waals surface area contributed by atoms with Gasteiger partial charge in [0.1, 0.15) is 0 Å². The van der Waals surface area contributed by atoms with Gasteiger partial charge in [-0.15, -0.1) is 0 Å². The molecule has 1 nitrogen and oxygen atoms in total. The van der Waals surface area contributed by atoms with Crippen LogP contribution in [0.5, 0.6) is 0 Å². The molecule has 23 heavy (non-hydrogen) atoms. The van der Waals surface area contributed by atoms with E-state index in [0.717, 1.165) is 59.1 Å². The number of benzene rings is 2. The molecule has 0 aliphatic heterocycles. The molecule has 1 heterocycles. The number of rotatable bonds is 4. The maximum Gasteiger partial charge on any atom is 0.416 e. The molecule has 0 radical (unpaired) electrons. The Morgan fingerprint density at radius 1 is 0.957 bits per heavy atom. The summed E-state index contributed by atoms with van der Waals surface area (Å²) < 4.78 is 38.3. The molecule has 0 atom stereocenters. The second-order valence-electron chi connectivity index (χ2n) is 5.70. The van der Waals surface area contributed by atoms with Gasteiger partial charge in [-0.3, -0.25) is 0 Å². The number of hydrogen-bond acceptors (Lipinski definition) is 0. The van der Waals surface area contributed by atoms with Crippen LogP contribution in [0.4, 0.5) is 13.2 Å². The monoisotopic (exact) mass is 317 g/mol. The van der Waals surface area contributed by atoms with Crippen LogP contribution >= 0.6 is 0 Å². The largest absolute Gasteiger partial charge is 0.416 e. The Morgan fingerprint density at radius 2 is 1.65 bits per heavy atom. The molecule has 2 aromatic carbocycles. The van der Waals surface area contributed by atoms with Crippen molar-refractivity contribution in [2.75, 3.05) is 0 Å². The molecule has 0 saturated heterocycles. The number of aromatic amines is 1. The minimum absolute atomic E-state index is 0.615. The summed E-state index contributed by atoms with van der Waals surface area (Å²) in [5.41, 5.74) is 3.34. The standard InChI is InChI=1S/C19H18F3N/c1-2-3-7-17-18(15-6-4-5-8-16(15)23-17)13-9-11-14(12-10-13)19(20,21)22/h4-6,8-12,23H,2-3,7H2,1H3. The highest BCUT2D eigenvalue weighted by Gasteiger charge is 2.30. The van der Waals surface area contributed by atoms with Crippen LogP contribution < -0.4 is 0 Å². The van der Waals surface area contributed by atoms with Crippen molar-refractivity contribution in [1.29, 1.82) is 0 Å². The molecule has 0 unspecified atom stereocenters. The zero-order valence-corrected chi connectivity index (χ0v) is 12.9. The number of nitrogens with one attached hydrogen (secondary N) is 1. The van der Waals surface area contributed by atoms with Crippen LogP contribution in [0.3, 0.4) is 0 Å². The van der Waals surface area contributed by atoms with Crippen molar-refractivity contribution in [3.05, 3.63) is 59.8 Å². The van der Waals surface area contributed by atoms with Crippen molar-refractivity contribution in [3.8, 4) is 11.1 Å². The Bertz CT molecular complexity index is 798. The fraction of sp³-hybridized carbons (Fsp3) is 0.263. The smallest absolute Gasteiger partial charge is 0.358 e. The Kier molecular flexibility index (Phi) is 4.16. The lowest BCUT2D eigenvalue weighted by molar-refractivity contribution is -0.137. The molecule has 3 aromatic rings. The van der Waals surface area contributed by atoms with Crippen molar-refractivity contribution in [3.63, 3.8) is 0 Å². The van der Waals surface area contributed by atoms with Gasteiger partial charge in [-0.05, 0) is 36.6 Å². The van der Waals surface area contributed by atoms with E-state index in [1.54, 1.807) is 12.1 Å². The Morgan fingerprint density at radius 3 is 2.30 bits per heavy atom. The maximum absolute atomic E-state index is 12.8. The minimum Gasteiger partial charge on any atom is -0.358 e. The number of aryl methyl sites for hydroxylation is 1. The van der Waals surface area contributed by atoms with Crippen molar-refractivity contribution in [2.45, 2.75) is 32.4 Å². The molecule has 0 aliphatic carbocycles. The van der Waals surface area contributed by atoms with Gasteiger partial charge in [0, 0.05) is 22.2 Å². The third-order valence-corrected chi connectivity index (χ3v) is 4.06. The van der Waals surface area contributed by atoms with E-state index in [9.17, 15) is 13.2 Å². The van der Waals surface area contributed by atoms with Gasteiger partial charge < -0.3 is 4.98 Å². The molecule has 0 fully saturated rings. The van der Waals surface area contributed by atoms with Gasteiger partial charge in [0.2, 0.25) is 0 Å². The topological polar surface area (TPSA) is 15.8 Å². The van der Waals surface area contributed by atoms with Gasteiger partial charge in [0.05, 0.1) is 5.56 Å². The first kappa shape index (κ1) is 15.7. The second-order valence-corrected chi connectivity index (χ2v) is 5.70. The highest BCUT2D eigenvalue weighted by atomic mass is 19.4. The number of aromatic nitrogens is 1. The predicted octanol–water partition coefficient (Wildman–Crippen LogP) is 6.20. The first-order chi connectivity index (χ1) is 11.0. The maximum atomic E-state index is 12.8. The van der Waals surface area contributed by atoms with E-state index in [4.69, 9.17) is 0 Å². The molecule has 0 spiro atoms. The van der Waals surface area contributed by atoms with Gasteiger partial charge in [0.25, 0.3) is 0 Å². The minimum atomic E-state index is -4.30. The molecule has 0 bridgehead atoms. The third-order valence-electron chi connectivity index (χ3n) is 4.06. The van der Waals surface area contributed by atoms with Crippen molar-refractivity contribution in [1.82, 2.24) is 4.98 Å². The molecule has 0 amide bonds. The van der Waals surface area contributed by atoms with E-state index in [2.05, 4.69) is 11.9 Å². The summed E-state index contributed by atoms with van der Waals surface area (Å²) in [5, 5.41) is 1.05. The van der Waals surface area contributed by atoms with Crippen LogP contribution in [0, 0.1) is 0 Å². The number of hydrogen-bond donors (Lipinski definition) is 1. The van der Waals surface area contributed by atoms with E-state index in [1.165, 1.54) is 0 Å². The SMILES string of the molecule is CCCCc1[nH]c2ccccc2c1-c1ccc(C(F)(F)F)cc1. The fourth-order valence-corrected chi connectivity index (χ4v) is 2.89.